The summed E-state index contributed by atoms with van der Waals surface area (Å²) < 4.78 is 2.51. The number of para-hydroxylation sites is 3. The third-order valence-corrected chi connectivity index (χ3v) is 11.7. The van der Waals surface area contributed by atoms with Crippen LogP contribution < -0.4 is 10.2 Å². The highest BCUT2D eigenvalue weighted by atomic mass is 15.4. The Kier molecular flexibility index (Phi) is 6.66. The molecule has 11 rings (SSSR count). The summed E-state index contributed by atoms with van der Waals surface area (Å²) in [5, 5.41) is 7.81. The maximum atomic E-state index is 5.49. The summed E-state index contributed by atoms with van der Waals surface area (Å²) in [6.45, 7) is 0. The lowest BCUT2D eigenvalue weighted by molar-refractivity contribution is 0.691. The molecule has 0 amide bonds. The average Bonchev–Trinajstić information content (AvgIpc) is 3.73. The third kappa shape index (κ3) is 4.50. The fourth-order valence-corrected chi connectivity index (χ4v) is 9.39. The van der Waals surface area contributed by atoms with Crippen molar-refractivity contribution < 1.29 is 0 Å². The minimum absolute atomic E-state index is 0.224. The Morgan fingerprint density at radius 3 is 2.46 bits per heavy atom. The van der Waals surface area contributed by atoms with E-state index in [1.165, 1.54) is 77.9 Å². The van der Waals surface area contributed by atoms with Gasteiger partial charge in [-0.05, 0) is 108 Å². The SMILES string of the molecule is C1=CCCC(C2=NC(N3C4=CC=C(C5=Cc6c(n(-c7ccccc7)c7ccc8ccccc8c67)CC5)CC4c4ccccc43)Nc3ccccc32)=C1. The van der Waals surface area contributed by atoms with Crippen LogP contribution in [-0.2, 0) is 6.42 Å². The molecule has 5 aliphatic rings. The Labute approximate surface area is 304 Å². The highest BCUT2D eigenvalue weighted by molar-refractivity contribution is 6.17. The van der Waals surface area contributed by atoms with Crippen LogP contribution in [0, 0.1) is 0 Å². The second kappa shape index (κ2) is 11.7. The zero-order chi connectivity index (χ0) is 34.2. The molecule has 6 aromatic rings. The lowest BCUT2D eigenvalue weighted by atomic mass is 9.81. The lowest BCUT2D eigenvalue weighted by Crippen LogP contribution is -2.41. The Morgan fingerprint density at radius 2 is 1.54 bits per heavy atom. The number of allylic oxidation sites excluding steroid dienone is 9. The monoisotopic (exact) mass is 670 g/mol. The van der Waals surface area contributed by atoms with Gasteiger partial charge in [0.25, 0.3) is 0 Å². The molecule has 2 atom stereocenters. The van der Waals surface area contributed by atoms with Crippen LogP contribution in [0.15, 0.2) is 173 Å². The molecule has 52 heavy (non-hydrogen) atoms. The van der Waals surface area contributed by atoms with Crippen molar-refractivity contribution in [3.8, 4) is 5.69 Å². The molecule has 2 aliphatic heterocycles. The van der Waals surface area contributed by atoms with Crippen LogP contribution in [0.1, 0.15) is 54.0 Å². The van der Waals surface area contributed by atoms with Crippen LogP contribution in [-0.4, -0.2) is 16.6 Å². The molecule has 0 bridgehead atoms. The largest absolute Gasteiger partial charge is 0.346 e. The van der Waals surface area contributed by atoms with E-state index in [4.69, 9.17) is 4.99 Å². The highest BCUT2D eigenvalue weighted by Crippen LogP contribution is 2.52. The summed E-state index contributed by atoms with van der Waals surface area (Å²) in [7, 11) is 0. The molecule has 4 nitrogen and oxygen atoms in total. The van der Waals surface area contributed by atoms with Crippen molar-refractivity contribution in [1.82, 2.24) is 4.57 Å². The number of fused-ring (bicyclic) bond motifs is 9. The first-order chi connectivity index (χ1) is 25.8. The molecule has 0 radical (unpaired) electrons. The number of nitrogens with zero attached hydrogens (tertiary/aromatic N) is 3. The van der Waals surface area contributed by atoms with Gasteiger partial charge in [0.1, 0.15) is 0 Å². The van der Waals surface area contributed by atoms with Crippen molar-refractivity contribution in [1.29, 1.82) is 0 Å². The van der Waals surface area contributed by atoms with Gasteiger partial charge in [-0.15, -0.1) is 0 Å². The minimum atomic E-state index is -0.224. The maximum absolute atomic E-state index is 5.49. The van der Waals surface area contributed by atoms with Crippen molar-refractivity contribution in [2.75, 3.05) is 10.2 Å². The molecular formula is C48H38N4. The van der Waals surface area contributed by atoms with Gasteiger partial charge in [-0.25, -0.2) is 4.99 Å². The predicted molar refractivity (Wildman–Crippen MR) is 216 cm³/mol. The van der Waals surface area contributed by atoms with Gasteiger partial charge in [0.05, 0.1) is 11.2 Å². The number of aromatic nitrogens is 1. The minimum Gasteiger partial charge on any atom is -0.346 e. The van der Waals surface area contributed by atoms with Crippen LogP contribution >= 0.6 is 0 Å². The van der Waals surface area contributed by atoms with E-state index < -0.39 is 0 Å². The number of benzene rings is 5. The topological polar surface area (TPSA) is 32.6 Å². The molecule has 5 aromatic carbocycles. The number of rotatable bonds is 4. The number of hydrogen-bond donors (Lipinski definition) is 1. The molecule has 0 spiro atoms. The van der Waals surface area contributed by atoms with Crippen LogP contribution in [0.4, 0.5) is 11.4 Å². The fourth-order valence-electron chi connectivity index (χ4n) is 9.39. The first-order valence-electron chi connectivity index (χ1n) is 18.7. The van der Waals surface area contributed by atoms with Crippen LogP contribution in [0.5, 0.6) is 0 Å². The van der Waals surface area contributed by atoms with E-state index in [1.54, 1.807) is 0 Å². The van der Waals surface area contributed by atoms with E-state index >= 15 is 0 Å². The van der Waals surface area contributed by atoms with E-state index in [9.17, 15) is 0 Å². The number of hydrogen-bond acceptors (Lipinski definition) is 3. The summed E-state index contributed by atoms with van der Waals surface area (Å²) >= 11 is 0. The van der Waals surface area contributed by atoms with E-state index in [0.717, 1.165) is 43.5 Å². The first-order valence-corrected chi connectivity index (χ1v) is 18.7. The number of nitrogens with one attached hydrogen (secondary N) is 1. The summed E-state index contributed by atoms with van der Waals surface area (Å²) in [5.41, 5.74) is 16.9. The van der Waals surface area contributed by atoms with Gasteiger partial charge in [-0.2, -0.15) is 0 Å². The normalized spacial score (nSPS) is 20.2. The number of aliphatic imine (C=N–C) groups is 1. The lowest BCUT2D eigenvalue weighted by Gasteiger charge is -2.36. The van der Waals surface area contributed by atoms with Crippen LogP contribution in [0.2, 0.25) is 0 Å². The van der Waals surface area contributed by atoms with Gasteiger partial charge in [0.15, 0.2) is 0 Å². The molecular weight excluding hydrogens is 633 g/mol. The molecule has 3 heterocycles. The molecule has 0 saturated carbocycles. The second-order valence-electron chi connectivity index (χ2n) is 14.6. The van der Waals surface area contributed by atoms with E-state index in [-0.39, 0.29) is 12.2 Å². The number of anilines is 2. The second-order valence-corrected chi connectivity index (χ2v) is 14.6. The Bertz CT molecular complexity index is 2640. The molecule has 2 unspecified atom stereocenters. The van der Waals surface area contributed by atoms with Crippen molar-refractivity contribution >= 4 is 44.8 Å². The Hall–Kier alpha value is -6.13. The predicted octanol–water partition coefficient (Wildman–Crippen LogP) is 11.4. The smallest absolute Gasteiger partial charge is 0.201 e. The van der Waals surface area contributed by atoms with E-state index in [0.29, 0.717) is 0 Å². The molecule has 250 valence electrons. The Morgan fingerprint density at radius 1 is 0.692 bits per heavy atom. The highest BCUT2D eigenvalue weighted by Gasteiger charge is 2.41. The first kappa shape index (κ1) is 29.6. The summed E-state index contributed by atoms with van der Waals surface area (Å²) in [6, 6.07) is 42.0. The summed E-state index contributed by atoms with van der Waals surface area (Å²) in [4.78, 5) is 7.96. The van der Waals surface area contributed by atoms with Gasteiger partial charge in [-0.3, -0.25) is 0 Å². The fraction of sp³-hybridized carbons (Fsp3) is 0.146. The molecule has 4 heteroatoms. The van der Waals surface area contributed by atoms with Gasteiger partial charge in [-0.1, -0.05) is 109 Å². The van der Waals surface area contributed by atoms with E-state index in [2.05, 4.69) is 167 Å². The zero-order valence-corrected chi connectivity index (χ0v) is 29.0. The van der Waals surface area contributed by atoms with Gasteiger partial charge < -0.3 is 14.8 Å². The summed E-state index contributed by atoms with van der Waals surface area (Å²) in [5.74, 6) is 0.277. The molecule has 1 N–H and O–H groups in total. The quantitative estimate of drug-likeness (QED) is 0.202. The molecule has 3 aliphatic carbocycles. The van der Waals surface area contributed by atoms with Gasteiger partial charge >= 0.3 is 0 Å². The maximum Gasteiger partial charge on any atom is 0.201 e. The van der Waals surface area contributed by atoms with E-state index in [1.807, 2.05) is 0 Å². The van der Waals surface area contributed by atoms with Crippen molar-refractivity contribution in [2.45, 2.75) is 44.3 Å². The third-order valence-electron chi connectivity index (χ3n) is 11.7. The van der Waals surface area contributed by atoms with Crippen molar-refractivity contribution in [2.24, 2.45) is 4.99 Å². The molecule has 1 aromatic heterocycles. The van der Waals surface area contributed by atoms with Crippen LogP contribution in [0.25, 0.3) is 33.4 Å². The molecule has 0 fully saturated rings. The van der Waals surface area contributed by atoms with Gasteiger partial charge in [0, 0.05) is 50.9 Å². The Balaban J connectivity index is 1.03. The van der Waals surface area contributed by atoms with Gasteiger partial charge in [0.2, 0.25) is 6.29 Å². The van der Waals surface area contributed by atoms with Crippen molar-refractivity contribution in [3.05, 3.63) is 190 Å². The standard InChI is InChI=1S/C48H38N4/c1-3-14-32(15-4-1)47-38-20-9-11-21-41(38)49-48(50-47)52-42-22-12-10-19-37(42)39-29-33(24-26-43(39)52)34-25-27-44-40(30-34)46-36-18-8-7-13-31(36)23-28-45(46)51(44)35-16-5-2-6-17-35/h1-3,5-14,16-24,26,28,30,39,48-49H,4,15,25,27,29H2. The molecule has 0 saturated heterocycles. The summed E-state index contributed by atoms with van der Waals surface area (Å²) in [6.07, 6.45) is 18.9. The average molecular weight is 671 g/mol. The van der Waals surface area contributed by atoms with Crippen molar-refractivity contribution in [3.63, 3.8) is 0 Å². The zero-order valence-electron chi connectivity index (χ0n) is 29.0. The van der Waals surface area contributed by atoms with Crippen LogP contribution in [0.3, 0.4) is 0 Å².